The van der Waals surface area contributed by atoms with E-state index in [9.17, 15) is 14.4 Å². The summed E-state index contributed by atoms with van der Waals surface area (Å²) >= 11 is 1.58. The molecule has 1 aromatic heterocycles. The molecule has 22 heavy (non-hydrogen) atoms. The maximum Gasteiger partial charge on any atom is 0.340 e. The summed E-state index contributed by atoms with van der Waals surface area (Å²) in [5, 5.41) is 4.37. The minimum Gasteiger partial charge on any atom is -0.449 e. The highest BCUT2D eigenvalue weighted by molar-refractivity contribution is 7.10. The number of thiophene rings is 1. The molecule has 6 nitrogen and oxygen atoms in total. The Kier molecular flexibility index (Phi) is 4.15. The molecule has 1 atom stereocenters. The molecule has 0 bridgehead atoms. The number of fused-ring (bicyclic) bond motifs is 1. The first kappa shape index (κ1) is 15.0. The molecule has 3 amide bonds. The van der Waals surface area contributed by atoms with Crippen molar-refractivity contribution in [1.82, 2.24) is 10.2 Å². The van der Waals surface area contributed by atoms with Gasteiger partial charge in [0.1, 0.15) is 0 Å². The Hall–Kier alpha value is -1.89. The second-order valence-electron chi connectivity index (χ2n) is 5.53. The SMILES string of the molecule is CC(OC(=O)c1csc2c1CCCC2)C(=O)N1CCNC1=O. The first-order valence-corrected chi connectivity index (χ1v) is 8.35. The molecule has 0 saturated carbocycles. The van der Waals surface area contributed by atoms with Crippen LogP contribution in [0.4, 0.5) is 4.79 Å². The first-order chi connectivity index (χ1) is 10.6. The van der Waals surface area contributed by atoms with Crippen LogP contribution in [-0.2, 0) is 22.4 Å². The number of carbonyl (C=O) groups is 3. The summed E-state index contributed by atoms with van der Waals surface area (Å²) in [6, 6.07) is -0.430. The molecule has 1 aliphatic carbocycles. The molecule has 1 saturated heterocycles. The Labute approximate surface area is 132 Å². The molecule has 0 spiro atoms. The predicted octanol–water partition coefficient (Wildman–Crippen LogP) is 1.72. The van der Waals surface area contributed by atoms with Gasteiger partial charge in [-0.15, -0.1) is 11.3 Å². The molecule has 118 valence electrons. The second-order valence-corrected chi connectivity index (χ2v) is 6.49. The lowest BCUT2D eigenvalue weighted by atomic mass is 9.96. The van der Waals surface area contributed by atoms with E-state index in [-0.39, 0.29) is 0 Å². The number of rotatable bonds is 3. The van der Waals surface area contributed by atoms with Crippen LogP contribution in [0.1, 0.15) is 40.6 Å². The van der Waals surface area contributed by atoms with Crippen LogP contribution in [0.2, 0.25) is 0 Å². The van der Waals surface area contributed by atoms with Gasteiger partial charge in [-0.1, -0.05) is 0 Å². The van der Waals surface area contributed by atoms with Crippen molar-refractivity contribution in [2.45, 2.75) is 38.7 Å². The number of urea groups is 1. The lowest BCUT2D eigenvalue weighted by Gasteiger charge is -2.18. The van der Waals surface area contributed by atoms with Gasteiger partial charge in [-0.05, 0) is 38.2 Å². The minimum absolute atomic E-state index is 0.313. The minimum atomic E-state index is -0.963. The molecule has 1 fully saturated rings. The molecule has 1 aromatic rings. The highest BCUT2D eigenvalue weighted by Gasteiger charge is 2.32. The number of amides is 3. The number of hydrogen-bond donors (Lipinski definition) is 1. The van der Waals surface area contributed by atoms with Gasteiger partial charge >= 0.3 is 12.0 Å². The average Bonchev–Trinajstić information content (AvgIpc) is 3.12. The standard InChI is InChI=1S/C15H18N2O4S/c1-9(13(18)17-7-6-16-15(17)20)21-14(19)11-8-22-12-5-3-2-4-10(11)12/h8-9H,2-7H2,1H3,(H,16,20). The van der Waals surface area contributed by atoms with E-state index in [0.717, 1.165) is 36.1 Å². The van der Waals surface area contributed by atoms with Crippen LogP contribution in [-0.4, -0.2) is 42.0 Å². The van der Waals surface area contributed by atoms with Gasteiger partial charge in [0.25, 0.3) is 5.91 Å². The Morgan fingerprint density at radius 2 is 2.14 bits per heavy atom. The fraction of sp³-hybridized carbons (Fsp3) is 0.533. The van der Waals surface area contributed by atoms with E-state index in [1.54, 1.807) is 11.3 Å². The molecular formula is C15H18N2O4S. The normalized spacial score (nSPS) is 18.6. The van der Waals surface area contributed by atoms with Crippen molar-refractivity contribution in [3.63, 3.8) is 0 Å². The third-order valence-corrected chi connectivity index (χ3v) is 5.12. The number of nitrogens with one attached hydrogen (secondary N) is 1. The Morgan fingerprint density at radius 1 is 1.36 bits per heavy atom. The highest BCUT2D eigenvalue weighted by atomic mass is 32.1. The van der Waals surface area contributed by atoms with Crippen molar-refractivity contribution in [2.24, 2.45) is 0 Å². The zero-order valence-corrected chi connectivity index (χ0v) is 13.2. The van der Waals surface area contributed by atoms with Gasteiger partial charge in [0.2, 0.25) is 0 Å². The Bertz CT molecular complexity index is 625. The van der Waals surface area contributed by atoms with Crippen LogP contribution in [0.3, 0.4) is 0 Å². The number of imide groups is 1. The van der Waals surface area contributed by atoms with Gasteiger partial charge in [0, 0.05) is 23.3 Å². The van der Waals surface area contributed by atoms with E-state index in [1.807, 2.05) is 5.38 Å². The van der Waals surface area contributed by atoms with Gasteiger partial charge < -0.3 is 10.1 Å². The average molecular weight is 322 g/mol. The van der Waals surface area contributed by atoms with E-state index >= 15 is 0 Å². The summed E-state index contributed by atoms with van der Waals surface area (Å²) in [4.78, 5) is 38.3. The fourth-order valence-electron chi connectivity index (χ4n) is 2.84. The third kappa shape index (κ3) is 2.72. The van der Waals surface area contributed by atoms with Crippen molar-refractivity contribution >= 4 is 29.2 Å². The molecule has 0 aromatic carbocycles. The quantitative estimate of drug-likeness (QED) is 0.860. The zero-order valence-electron chi connectivity index (χ0n) is 12.4. The van der Waals surface area contributed by atoms with E-state index < -0.39 is 24.0 Å². The molecule has 2 aliphatic rings. The van der Waals surface area contributed by atoms with Crippen molar-refractivity contribution < 1.29 is 19.1 Å². The third-order valence-electron chi connectivity index (χ3n) is 4.04. The molecule has 1 N–H and O–H groups in total. The molecule has 3 rings (SSSR count). The largest absolute Gasteiger partial charge is 0.449 e. The number of esters is 1. The second kappa shape index (κ2) is 6.08. The predicted molar refractivity (Wildman–Crippen MR) is 81.0 cm³/mol. The first-order valence-electron chi connectivity index (χ1n) is 7.47. The molecular weight excluding hydrogens is 304 g/mol. The Morgan fingerprint density at radius 3 is 2.86 bits per heavy atom. The van der Waals surface area contributed by atoms with Crippen molar-refractivity contribution in [3.8, 4) is 0 Å². The van der Waals surface area contributed by atoms with Gasteiger partial charge in [-0.25, -0.2) is 9.59 Å². The summed E-state index contributed by atoms with van der Waals surface area (Å²) in [5.74, 6) is -0.952. The van der Waals surface area contributed by atoms with Crippen molar-refractivity contribution in [3.05, 3.63) is 21.4 Å². The van der Waals surface area contributed by atoms with E-state index in [2.05, 4.69) is 5.32 Å². The number of nitrogens with zero attached hydrogens (tertiary/aromatic N) is 1. The number of hydrogen-bond acceptors (Lipinski definition) is 5. The summed E-state index contributed by atoms with van der Waals surface area (Å²) < 4.78 is 5.28. The summed E-state index contributed by atoms with van der Waals surface area (Å²) in [6.07, 6.45) is 3.17. The van der Waals surface area contributed by atoms with Gasteiger partial charge in [-0.2, -0.15) is 0 Å². The topological polar surface area (TPSA) is 75.7 Å². The molecule has 1 unspecified atom stereocenters. The van der Waals surface area contributed by atoms with Crippen LogP contribution in [0, 0.1) is 0 Å². The highest BCUT2D eigenvalue weighted by Crippen LogP contribution is 2.30. The van der Waals surface area contributed by atoms with Crippen LogP contribution < -0.4 is 5.32 Å². The number of aryl methyl sites for hydroxylation is 1. The fourth-order valence-corrected chi connectivity index (χ4v) is 3.96. The van der Waals surface area contributed by atoms with E-state index in [1.165, 1.54) is 11.8 Å². The van der Waals surface area contributed by atoms with Crippen LogP contribution >= 0.6 is 11.3 Å². The molecule has 1 aliphatic heterocycles. The summed E-state index contributed by atoms with van der Waals surface area (Å²) in [6.45, 7) is 2.25. The zero-order chi connectivity index (χ0) is 15.7. The summed E-state index contributed by atoms with van der Waals surface area (Å²) in [5.41, 5.74) is 1.64. The maximum absolute atomic E-state index is 12.3. The van der Waals surface area contributed by atoms with Gasteiger partial charge in [0.15, 0.2) is 6.10 Å². The lowest BCUT2D eigenvalue weighted by molar-refractivity contribution is -0.136. The number of ether oxygens (including phenoxy) is 1. The molecule has 7 heteroatoms. The van der Waals surface area contributed by atoms with Crippen molar-refractivity contribution in [2.75, 3.05) is 13.1 Å². The van der Waals surface area contributed by atoms with Crippen LogP contribution in [0.25, 0.3) is 0 Å². The smallest absolute Gasteiger partial charge is 0.340 e. The molecule has 0 radical (unpaired) electrons. The van der Waals surface area contributed by atoms with E-state index in [4.69, 9.17) is 4.74 Å². The molecule has 2 heterocycles. The van der Waals surface area contributed by atoms with Crippen LogP contribution in [0.5, 0.6) is 0 Å². The Balaban J connectivity index is 1.67. The van der Waals surface area contributed by atoms with Gasteiger partial charge in [-0.3, -0.25) is 9.69 Å². The summed E-state index contributed by atoms with van der Waals surface area (Å²) in [7, 11) is 0. The number of carbonyl (C=O) groups excluding carboxylic acids is 3. The monoisotopic (exact) mass is 322 g/mol. The van der Waals surface area contributed by atoms with Crippen LogP contribution in [0.15, 0.2) is 5.38 Å². The van der Waals surface area contributed by atoms with E-state index in [0.29, 0.717) is 18.7 Å². The lowest BCUT2D eigenvalue weighted by Crippen LogP contribution is -2.41. The maximum atomic E-state index is 12.3. The van der Waals surface area contributed by atoms with Gasteiger partial charge in [0.05, 0.1) is 5.56 Å². The van der Waals surface area contributed by atoms with Crippen molar-refractivity contribution in [1.29, 1.82) is 0 Å².